The number of hydrogen-bond acceptors (Lipinski definition) is 1. The van der Waals surface area contributed by atoms with Crippen molar-refractivity contribution in [3.63, 3.8) is 0 Å². The average molecular weight is 323 g/mol. The number of nitrogens with zero attached hydrogens (tertiary/aromatic N) is 2. The van der Waals surface area contributed by atoms with Crippen LogP contribution in [0, 0.1) is 18.6 Å². The fourth-order valence-electron chi connectivity index (χ4n) is 1.99. The van der Waals surface area contributed by atoms with Crippen molar-refractivity contribution < 1.29 is 8.78 Å². The van der Waals surface area contributed by atoms with Gasteiger partial charge in [-0.3, -0.25) is 0 Å². The van der Waals surface area contributed by atoms with Crippen LogP contribution in [-0.2, 0) is 0 Å². The molecular formula is C14H9BrF2N2. The molecule has 0 fully saturated rings. The van der Waals surface area contributed by atoms with Crippen molar-refractivity contribution in [1.82, 2.24) is 9.38 Å². The van der Waals surface area contributed by atoms with Gasteiger partial charge in [-0.25, -0.2) is 13.8 Å². The second kappa shape index (κ2) is 4.42. The molecule has 0 saturated carbocycles. The monoisotopic (exact) mass is 322 g/mol. The largest absolute Gasteiger partial charge is 0.306 e. The lowest BCUT2D eigenvalue weighted by Gasteiger charge is -2.01. The van der Waals surface area contributed by atoms with Crippen LogP contribution in [0.2, 0.25) is 0 Å². The third kappa shape index (κ3) is 2.14. The summed E-state index contributed by atoms with van der Waals surface area (Å²) in [4.78, 5) is 4.26. The van der Waals surface area contributed by atoms with E-state index >= 15 is 0 Å². The van der Waals surface area contributed by atoms with Crippen LogP contribution in [0.3, 0.4) is 0 Å². The molecule has 0 radical (unpaired) electrons. The minimum absolute atomic E-state index is 0.107. The molecular weight excluding hydrogens is 314 g/mol. The molecule has 0 aliphatic carbocycles. The second-order valence-corrected chi connectivity index (χ2v) is 5.26. The van der Waals surface area contributed by atoms with Crippen LogP contribution in [0.4, 0.5) is 8.78 Å². The summed E-state index contributed by atoms with van der Waals surface area (Å²) in [5.41, 5.74) is 1.88. The highest BCUT2D eigenvalue weighted by Crippen LogP contribution is 2.28. The lowest BCUT2D eigenvalue weighted by Crippen LogP contribution is -1.90. The Labute approximate surface area is 116 Å². The van der Waals surface area contributed by atoms with Crippen LogP contribution in [0.5, 0.6) is 0 Å². The fourth-order valence-corrected chi connectivity index (χ4v) is 2.39. The Hall–Kier alpha value is -1.75. The molecule has 1 aromatic carbocycles. The minimum atomic E-state index is -0.632. The Balaban J connectivity index is 2.24. The quantitative estimate of drug-likeness (QED) is 0.651. The molecule has 0 N–H and O–H groups in total. The van der Waals surface area contributed by atoms with Crippen LogP contribution < -0.4 is 0 Å². The SMILES string of the molecule is Cc1ccn2cc(-c3c(F)cc(Br)cc3F)nc2c1. The van der Waals surface area contributed by atoms with Gasteiger partial charge in [-0.2, -0.15) is 0 Å². The number of fused-ring (bicyclic) bond motifs is 1. The van der Waals surface area contributed by atoms with Gasteiger partial charge < -0.3 is 4.40 Å². The lowest BCUT2D eigenvalue weighted by atomic mass is 10.1. The number of rotatable bonds is 1. The first kappa shape index (κ1) is 12.3. The van der Waals surface area contributed by atoms with Crippen molar-refractivity contribution in [2.45, 2.75) is 6.92 Å². The Bertz CT molecular complexity index is 757. The summed E-state index contributed by atoms with van der Waals surface area (Å²) in [6.07, 6.45) is 3.43. The molecule has 19 heavy (non-hydrogen) atoms. The van der Waals surface area contributed by atoms with Gasteiger partial charge in [0.15, 0.2) is 0 Å². The molecule has 3 aromatic rings. The van der Waals surface area contributed by atoms with E-state index in [1.165, 1.54) is 12.1 Å². The van der Waals surface area contributed by atoms with Gasteiger partial charge in [0, 0.05) is 16.9 Å². The molecule has 0 atom stereocenters. The van der Waals surface area contributed by atoms with Gasteiger partial charge in [-0.15, -0.1) is 0 Å². The smallest absolute Gasteiger partial charge is 0.137 e. The van der Waals surface area contributed by atoms with Crippen LogP contribution in [0.15, 0.2) is 41.1 Å². The summed E-state index contributed by atoms with van der Waals surface area (Å²) in [6.45, 7) is 1.94. The first-order valence-corrected chi connectivity index (χ1v) is 6.44. The predicted octanol–water partition coefficient (Wildman–Crippen LogP) is 4.35. The third-order valence-corrected chi connectivity index (χ3v) is 3.34. The molecule has 0 saturated heterocycles. The highest BCUT2D eigenvalue weighted by Gasteiger charge is 2.15. The normalized spacial score (nSPS) is 11.2. The van der Waals surface area contributed by atoms with Crippen molar-refractivity contribution in [2.75, 3.05) is 0 Å². The summed E-state index contributed by atoms with van der Waals surface area (Å²) in [5.74, 6) is -1.26. The van der Waals surface area contributed by atoms with Gasteiger partial charge >= 0.3 is 0 Å². The van der Waals surface area contributed by atoms with Gasteiger partial charge in [0.05, 0.1) is 11.3 Å². The molecule has 5 heteroatoms. The number of halogens is 3. The van der Waals surface area contributed by atoms with E-state index in [2.05, 4.69) is 20.9 Å². The lowest BCUT2D eigenvalue weighted by molar-refractivity contribution is 0.587. The summed E-state index contributed by atoms with van der Waals surface area (Å²) in [6, 6.07) is 6.23. The maximum absolute atomic E-state index is 13.9. The number of benzene rings is 1. The Morgan fingerprint density at radius 3 is 2.53 bits per heavy atom. The zero-order valence-electron chi connectivity index (χ0n) is 9.99. The Morgan fingerprint density at radius 2 is 1.84 bits per heavy atom. The van der Waals surface area contributed by atoms with Gasteiger partial charge in [-0.1, -0.05) is 15.9 Å². The Kier molecular flexibility index (Phi) is 2.86. The van der Waals surface area contributed by atoms with Crippen LogP contribution in [0.25, 0.3) is 16.9 Å². The predicted molar refractivity (Wildman–Crippen MR) is 73.0 cm³/mol. The minimum Gasteiger partial charge on any atom is -0.306 e. The molecule has 2 aromatic heterocycles. The number of hydrogen-bond donors (Lipinski definition) is 0. The zero-order chi connectivity index (χ0) is 13.6. The molecule has 0 aliphatic rings. The van der Waals surface area contributed by atoms with Crippen molar-refractivity contribution in [2.24, 2.45) is 0 Å². The van der Waals surface area contributed by atoms with Crippen LogP contribution in [-0.4, -0.2) is 9.38 Å². The molecule has 0 aliphatic heterocycles. The van der Waals surface area contributed by atoms with Gasteiger partial charge in [0.25, 0.3) is 0 Å². The second-order valence-electron chi connectivity index (χ2n) is 4.34. The van der Waals surface area contributed by atoms with E-state index in [0.29, 0.717) is 10.1 Å². The van der Waals surface area contributed by atoms with E-state index in [1.54, 1.807) is 10.6 Å². The first-order chi connectivity index (χ1) is 9.04. The number of pyridine rings is 1. The van der Waals surface area contributed by atoms with E-state index in [9.17, 15) is 8.78 Å². The van der Waals surface area contributed by atoms with Crippen LogP contribution >= 0.6 is 15.9 Å². The number of aryl methyl sites for hydroxylation is 1. The van der Waals surface area contributed by atoms with E-state index in [0.717, 1.165) is 5.56 Å². The van der Waals surface area contributed by atoms with Crippen molar-refractivity contribution in [3.8, 4) is 11.3 Å². The molecule has 3 rings (SSSR count). The van der Waals surface area contributed by atoms with Crippen molar-refractivity contribution >= 4 is 21.6 Å². The standard InChI is InChI=1S/C14H9BrF2N2/c1-8-2-3-19-7-12(18-13(19)4-8)14-10(16)5-9(15)6-11(14)17/h2-7H,1H3. The van der Waals surface area contributed by atoms with E-state index in [4.69, 9.17) is 0 Å². The Morgan fingerprint density at radius 1 is 1.16 bits per heavy atom. The number of imidazole rings is 1. The van der Waals surface area contributed by atoms with Gasteiger partial charge in [0.1, 0.15) is 17.3 Å². The topological polar surface area (TPSA) is 17.3 Å². The molecule has 0 amide bonds. The highest BCUT2D eigenvalue weighted by molar-refractivity contribution is 9.10. The highest BCUT2D eigenvalue weighted by atomic mass is 79.9. The molecule has 96 valence electrons. The van der Waals surface area contributed by atoms with Crippen LogP contribution in [0.1, 0.15) is 5.56 Å². The fraction of sp³-hybridized carbons (Fsp3) is 0.0714. The van der Waals surface area contributed by atoms with E-state index < -0.39 is 11.6 Å². The van der Waals surface area contributed by atoms with Crippen molar-refractivity contribution in [3.05, 3.63) is 58.3 Å². The van der Waals surface area contributed by atoms with Gasteiger partial charge in [-0.05, 0) is 36.8 Å². The average Bonchev–Trinajstić information content (AvgIpc) is 2.69. The molecule has 2 heterocycles. The molecule has 0 unspecified atom stereocenters. The van der Waals surface area contributed by atoms with Gasteiger partial charge in [0.2, 0.25) is 0 Å². The molecule has 0 bridgehead atoms. The maximum atomic E-state index is 13.9. The van der Waals surface area contributed by atoms with E-state index in [1.807, 2.05) is 25.3 Å². The van der Waals surface area contributed by atoms with Crippen molar-refractivity contribution in [1.29, 1.82) is 0 Å². The van der Waals surface area contributed by atoms with E-state index in [-0.39, 0.29) is 11.3 Å². The maximum Gasteiger partial charge on any atom is 0.137 e. The molecule has 0 spiro atoms. The molecule has 2 nitrogen and oxygen atoms in total. The number of aromatic nitrogens is 2. The third-order valence-electron chi connectivity index (χ3n) is 2.88. The summed E-state index contributed by atoms with van der Waals surface area (Å²) in [7, 11) is 0. The zero-order valence-corrected chi connectivity index (χ0v) is 11.6. The first-order valence-electron chi connectivity index (χ1n) is 5.65. The summed E-state index contributed by atoms with van der Waals surface area (Å²) in [5, 5.41) is 0. The summed E-state index contributed by atoms with van der Waals surface area (Å²) >= 11 is 3.06. The summed E-state index contributed by atoms with van der Waals surface area (Å²) < 4.78 is 29.9.